The van der Waals surface area contributed by atoms with Crippen LogP contribution >= 0.6 is 11.3 Å². The van der Waals surface area contributed by atoms with Crippen LogP contribution in [-0.2, 0) is 10.2 Å². The normalized spacial score (nSPS) is 24.9. The van der Waals surface area contributed by atoms with Crippen molar-refractivity contribution in [2.75, 3.05) is 10.2 Å². The molecule has 3 aliphatic rings. The molecular weight excluding hydrogens is 494 g/mol. The van der Waals surface area contributed by atoms with Crippen LogP contribution in [0.15, 0.2) is 96.5 Å². The van der Waals surface area contributed by atoms with Crippen molar-refractivity contribution in [3.8, 4) is 0 Å². The van der Waals surface area contributed by atoms with Gasteiger partial charge in [0.05, 0.1) is 16.8 Å². The van der Waals surface area contributed by atoms with Crippen molar-refractivity contribution in [1.82, 2.24) is 4.98 Å². The van der Waals surface area contributed by atoms with Gasteiger partial charge in [0.15, 0.2) is 11.6 Å². The molecule has 38 heavy (non-hydrogen) atoms. The molecule has 7 rings (SSSR count). The van der Waals surface area contributed by atoms with Gasteiger partial charge in [0.2, 0.25) is 5.91 Å². The molecule has 7 heteroatoms. The maximum absolute atomic E-state index is 14.5. The zero-order chi connectivity index (χ0) is 26.0. The van der Waals surface area contributed by atoms with E-state index in [0.29, 0.717) is 10.6 Å². The Morgan fingerprint density at radius 2 is 1.74 bits per heavy atom. The number of nitrogens with zero attached hydrogens (tertiary/aromatic N) is 2. The van der Waals surface area contributed by atoms with E-state index in [2.05, 4.69) is 16.4 Å². The number of allylic oxidation sites excluding steroid dienone is 1. The summed E-state index contributed by atoms with van der Waals surface area (Å²) in [6.07, 6.45) is 3.63. The molecule has 4 atom stereocenters. The Kier molecular flexibility index (Phi) is 5.00. The molecule has 2 aromatic heterocycles. The van der Waals surface area contributed by atoms with Crippen LogP contribution in [0.25, 0.3) is 5.57 Å². The van der Waals surface area contributed by atoms with Gasteiger partial charge in [-0.2, -0.15) is 0 Å². The highest BCUT2D eigenvalue weighted by Crippen LogP contribution is 2.58. The number of hydrogen-bond acceptors (Lipinski definition) is 6. The Morgan fingerprint density at radius 3 is 2.53 bits per heavy atom. The van der Waals surface area contributed by atoms with Crippen molar-refractivity contribution in [2.45, 2.75) is 24.4 Å². The van der Waals surface area contributed by atoms with Gasteiger partial charge in [-0.1, -0.05) is 54.6 Å². The minimum atomic E-state index is -1.32. The second kappa shape index (κ2) is 8.33. The Bertz CT molecular complexity index is 1650. The third kappa shape index (κ3) is 2.93. The fraction of sp³-hybridized carbons (Fsp3) is 0.161. The van der Waals surface area contributed by atoms with Crippen LogP contribution in [0.1, 0.15) is 38.2 Å². The number of ketones is 2. The van der Waals surface area contributed by atoms with Gasteiger partial charge >= 0.3 is 0 Å². The number of pyridine rings is 1. The van der Waals surface area contributed by atoms with Crippen LogP contribution in [0.2, 0.25) is 0 Å². The first kappa shape index (κ1) is 22.8. The molecule has 1 N–H and O–H groups in total. The summed E-state index contributed by atoms with van der Waals surface area (Å²) in [6.45, 7) is 2.02. The smallest absolute Gasteiger partial charge is 0.238 e. The number of benzene rings is 2. The maximum atomic E-state index is 14.5. The lowest BCUT2D eigenvalue weighted by atomic mass is 9.64. The molecule has 2 aromatic carbocycles. The number of nitrogens with one attached hydrogen (secondary N) is 1. The lowest BCUT2D eigenvalue weighted by Crippen LogP contribution is -2.51. The van der Waals surface area contributed by atoms with Gasteiger partial charge in [-0.3, -0.25) is 19.4 Å². The number of para-hydroxylation sites is 2. The van der Waals surface area contributed by atoms with Gasteiger partial charge in [-0.15, -0.1) is 11.3 Å². The number of carbonyl (C=O) groups is 3. The third-order valence-corrected chi connectivity index (χ3v) is 9.00. The van der Waals surface area contributed by atoms with Gasteiger partial charge in [0, 0.05) is 23.1 Å². The minimum Gasteiger partial charge on any atom is -0.352 e. The molecule has 0 aliphatic carbocycles. The summed E-state index contributed by atoms with van der Waals surface area (Å²) in [5.41, 5.74) is 3.17. The fourth-order valence-electron chi connectivity index (χ4n) is 6.62. The maximum Gasteiger partial charge on any atom is 0.238 e. The number of anilines is 2. The predicted octanol–water partition coefficient (Wildman–Crippen LogP) is 5.39. The van der Waals surface area contributed by atoms with Crippen molar-refractivity contribution in [3.63, 3.8) is 0 Å². The van der Waals surface area contributed by atoms with Gasteiger partial charge in [0.1, 0.15) is 17.2 Å². The average molecular weight is 518 g/mol. The number of thiophene rings is 1. The predicted molar refractivity (Wildman–Crippen MR) is 148 cm³/mol. The van der Waals surface area contributed by atoms with Crippen molar-refractivity contribution in [2.24, 2.45) is 5.92 Å². The monoisotopic (exact) mass is 517 g/mol. The Morgan fingerprint density at radius 1 is 0.947 bits per heavy atom. The molecule has 1 amide bonds. The van der Waals surface area contributed by atoms with Gasteiger partial charge in [0.25, 0.3) is 0 Å². The summed E-state index contributed by atoms with van der Waals surface area (Å²) in [5, 5.41) is 4.91. The standard InChI is InChI=1S/C31H23N3O3S/c1-18-17-25-31(20-10-3-4-11-21(20)33-30(31)37)26(28(35)22-12-6-7-15-32-22)27(29(36)24-14-8-16-38-24)34(25)23-13-5-2-9-19(18)23/h2-17,25-27H,1H3,(H,33,37)/t25-,26-,27-,31-/m0/s1. The molecule has 0 unspecified atom stereocenters. The quantitative estimate of drug-likeness (QED) is 0.367. The van der Waals surface area contributed by atoms with Gasteiger partial charge in [-0.05, 0) is 53.8 Å². The topological polar surface area (TPSA) is 79.4 Å². The summed E-state index contributed by atoms with van der Waals surface area (Å²) in [7, 11) is 0. The molecule has 4 aromatic rings. The van der Waals surface area contributed by atoms with Crippen LogP contribution in [0.3, 0.4) is 0 Å². The first-order chi connectivity index (χ1) is 18.5. The Balaban J connectivity index is 1.57. The van der Waals surface area contributed by atoms with Crippen molar-refractivity contribution in [3.05, 3.63) is 118 Å². The Labute approximate surface area is 223 Å². The summed E-state index contributed by atoms with van der Waals surface area (Å²) >= 11 is 1.35. The summed E-state index contributed by atoms with van der Waals surface area (Å²) in [6, 6.07) is 22.8. The first-order valence-corrected chi connectivity index (χ1v) is 13.4. The zero-order valence-electron chi connectivity index (χ0n) is 20.5. The van der Waals surface area contributed by atoms with E-state index in [1.165, 1.54) is 11.3 Å². The molecule has 1 fully saturated rings. The number of carbonyl (C=O) groups excluding carboxylic acids is 3. The van der Waals surface area contributed by atoms with E-state index in [1.807, 2.05) is 71.8 Å². The summed E-state index contributed by atoms with van der Waals surface area (Å²) in [5.74, 6) is -1.76. The van der Waals surface area contributed by atoms with Crippen molar-refractivity contribution < 1.29 is 14.4 Å². The van der Waals surface area contributed by atoms with Crippen LogP contribution in [0.5, 0.6) is 0 Å². The lowest BCUT2D eigenvalue weighted by Gasteiger charge is -2.39. The molecule has 1 saturated heterocycles. The SMILES string of the molecule is CC1=C[C@@H]2N(c3ccccc31)[C@H](C(=O)c1cccs1)[C@@H](C(=O)c1ccccn1)[C@@]21C(=O)Nc2ccccc21. The fourth-order valence-corrected chi connectivity index (χ4v) is 7.32. The van der Waals surface area contributed by atoms with Crippen LogP contribution in [-0.4, -0.2) is 34.5 Å². The minimum absolute atomic E-state index is 0.170. The van der Waals surface area contributed by atoms with Gasteiger partial charge < -0.3 is 10.2 Å². The number of fused-ring (bicyclic) bond motifs is 6. The number of aromatic nitrogens is 1. The molecule has 5 heterocycles. The third-order valence-electron chi connectivity index (χ3n) is 8.12. The summed E-state index contributed by atoms with van der Waals surface area (Å²) < 4.78 is 0. The van der Waals surface area contributed by atoms with Crippen LogP contribution in [0, 0.1) is 5.92 Å². The van der Waals surface area contributed by atoms with E-state index in [4.69, 9.17) is 0 Å². The molecule has 0 saturated carbocycles. The van der Waals surface area contributed by atoms with Crippen molar-refractivity contribution in [1.29, 1.82) is 0 Å². The summed E-state index contributed by atoms with van der Waals surface area (Å²) in [4.78, 5) is 50.2. The molecular formula is C31H23N3O3S. The highest BCUT2D eigenvalue weighted by molar-refractivity contribution is 7.12. The number of rotatable bonds is 4. The number of amides is 1. The second-order valence-corrected chi connectivity index (χ2v) is 10.9. The molecule has 6 nitrogen and oxygen atoms in total. The van der Waals surface area contributed by atoms with E-state index < -0.39 is 23.4 Å². The van der Waals surface area contributed by atoms with Crippen LogP contribution < -0.4 is 10.2 Å². The molecule has 1 spiro atoms. The lowest BCUT2D eigenvalue weighted by molar-refractivity contribution is -0.121. The molecule has 3 aliphatic heterocycles. The van der Waals surface area contributed by atoms with Gasteiger partial charge in [-0.25, -0.2) is 0 Å². The zero-order valence-corrected chi connectivity index (χ0v) is 21.3. The van der Waals surface area contributed by atoms with E-state index in [9.17, 15) is 14.4 Å². The highest BCUT2D eigenvalue weighted by atomic mass is 32.1. The second-order valence-electron chi connectivity index (χ2n) is 9.93. The first-order valence-electron chi connectivity index (χ1n) is 12.5. The van der Waals surface area contributed by atoms with Crippen LogP contribution in [0.4, 0.5) is 11.4 Å². The molecule has 186 valence electrons. The highest BCUT2D eigenvalue weighted by Gasteiger charge is 2.70. The molecule has 0 bridgehead atoms. The van der Waals surface area contributed by atoms with Crippen molar-refractivity contribution >= 4 is 45.8 Å². The van der Waals surface area contributed by atoms with E-state index in [1.54, 1.807) is 30.5 Å². The number of hydrogen-bond donors (Lipinski definition) is 1. The Hall–Kier alpha value is -4.36. The average Bonchev–Trinajstić information content (AvgIpc) is 3.66. The number of Topliss-reactive ketones (excluding diaryl/α,β-unsaturated/α-hetero) is 2. The largest absolute Gasteiger partial charge is 0.352 e. The van der Waals surface area contributed by atoms with E-state index in [0.717, 1.165) is 22.4 Å². The van der Waals surface area contributed by atoms with E-state index >= 15 is 0 Å². The molecule has 0 radical (unpaired) electrons. The van der Waals surface area contributed by atoms with E-state index in [-0.39, 0.29) is 23.2 Å².